The number of amides is 1. The Kier molecular flexibility index (Phi) is 4.89. The Labute approximate surface area is 148 Å². The second kappa shape index (κ2) is 6.97. The molecule has 2 aromatic carbocycles. The summed E-state index contributed by atoms with van der Waals surface area (Å²) in [7, 11) is 1.62. The van der Waals surface area contributed by atoms with E-state index >= 15 is 0 Å². The van der Waals surface area contributed by atoms with Gasteiger partial charge in [-0.1, -0.05) is 30.3 Å². The molecule has 0 saturated heterocycles. The SMILES string of the molecule is CN(Cc1ccc(OC(F)(F)F)cc1)C(=O)C1CC1c1ccccc1F. The van der Waals surface area contributed by atoms with Crippen molar-refractivity contribution in [3.8, 4) is 5.75 Å². The lowest BCUT2D eigenvalue weighted by Gasteiger charge is -2.18. The molecule has 1 aliphatic carbocycles. The molecule has 2 unspecified atom stereocenters. The minimum absolute atomic E-state index is 0.103. The predicted octanol–water partition coefficient (Wildman–Crippen LogP) is 4.49. The second-order valence-electron chi connectivity index (χ2n) is 6.36. The van der Waals surface area contributed by atoms with E-state index in [1.165, 1.54) is 35.2 Å². The Bertz CT molecular complexity index is 789. The number of hydrogen-bond donors (Lipinski definition) is 0. The molecule has 0 heterocycles. The van der Waals surface area contributed by atoms with Crippen LogP contribution < -0.4 is 4.74 Å². The molecule has 26 heavy (non-hydrogen) atoms. The molecule has 1 amide bonds. The minimum atomic E-state index is -4.73. The van der Waals surface area contributed by atoms with E-state index < -0.39 is 6.36 Å². The molecule has 1 saturated carbocycles. The lowest BCUT2D eigenvalue weighted by Crippen LogP contribution is -2.28. The van der Waals surface area contributed by atoms with Crippen molar-refractivity contribution >= 4 is 5.91 Å². The van der Waals surface area contributed by atoms with Crippen LogP contribution in [0.3, 0.4) is 0 Å². The molecule has 3 rings (SSSR count). The van der Waals surface area contributed by atoms with Gasteiger partial charge in [0.1, 0.15) is 11.6 Å². The van der Waals surface area contributed by atoms with Gasteiger partial charge in [-0.05, 0) is 41.7 Å². The molecule has 3 nitrogen and oxygen atoms in total. The highest BCUT2D eigenvalue weighted by molar-refractivity contribution is 5.82. The van der Waals surface area contributed by atoms with Crippen LogP contribution in [0, 0.1) is 11.7 Å². The number of carbonyl (C=O) groups excluding carboxylic acids is 1. The number of hydrogen-bond acceptors (Lipinski definition) is 2. The highest BCUT2D eigenvalue weighted by Crippen LogP contribution is 2.49. The first-order chi connectivity index (χ1) is 12.2. The van der Waals surface area contributed by atoms with Gasteiger partial charge < -0.3 is 9.64 Å². The molecule has 1 fully saturated rings. The van der Waals surface area contributed by atoms with Gasteiger partial charge in [-0.2, -0.15) is 0 Å². The number of rotatable bonds is 5. The maximum Gasteiger partial charge on any atom is 0.573 e. The van der Waals surface area contributed by atoms with Crippen LogP contribution in [0.4, 0.5) is 17.6 Å². The van der Waals surface area contributed by atoms with Crippen LogP contribution in [0.1, 0.15) is 23.5 Å². The number of alkyl halides is 3. The zero-order valence-corrected chi connectivity index (χ0v) is 14.0. The molecule has 0 aromatic heterocycles. The summed E-state index contributed by atoms with van der Waals surface area (Å²) in [5, 5.41) is 0. The van der Waals surface area contributed by atoms with E-state index in [9.17, 15) is 22.4 Å². The van der Waals surface area contributed by atoms with Gasteiger partial charge in [0.05, 0.1) is 0 Å². The molecule has 2 aromatic rings. The summed E-state index contributed by atoms with van der Waals surface area (Å²) in [6.45, 7) is 0.256. The fraction of sp³-hybridized carbons (Fsp3) is 0.316. The van der Waals surface area contributed by atoms with Crippen molar-refractivity contribution in [1.82, 2.24) is 4.90 Å². The van der Waals surface area contributed by atoms with Crippen molar-refractivity contribution in [1.29, 1.82) is 0 Å². The quantitative estimate of drug-likeness (QED) is 0.729. The maximum atomic E-state index is 13.8. The summed E-state index contributed by atoms with van der Waals surface area (Å²) in [4.78, 5) is 14.0. The molecule has 0 spiro atoms. The number of benzene rings is 2. The number of nitrogens with zero attached hydrogens (tertiary/aromatic N) is 1. The zero-order valence-electron chi connectivity index (χ0n) is 14.0. The molecule has 0 aliphatic heterocycles. The first kappa shape index (κ1) is 18.2. The normalized spacial score (nSPS) is 19.1. The van der Waals surface area contributed by atoms with Gasteiger partial charge >= 0.3 is 6.36 Å². The van der Waals surface area contributed by atoms with Gasteiger partial charge in [-0.3, -0.25) is 4.79 Å². The fourth-order valence-corrected chi connectivity index (χ4v) is 3.02. The smallest absolute Gasteiger partial charge is 0.406 e. The van der Waals surface area contributed by atoms with E-state index in [1.54, 1.807) is 25.2 Å². The Morgan fingerprint density at radius 1 is 1.15 bits per heavy atom. The molecule has 0 radical (unpaired) electrons. The summed E-state index contributed by atoms with van der Waals surface area (Å²) in [5.41, 5.74) is 1.23. The third-order valence-electron chi connectivity index (χ3n) is 4.37. The predicted molar refractivity (Wildman–Crippen MR) is 86.8 cm³/mol. The van der Waals surface area contributed by atoms with E-state index in [2.05, 4.69) is 4.74 Å². The van der Waals surface area contributed by atoms with Gasteiger partial charge in [0, 0.05) is 19.5 Å². The lowest BCUT2D eigenvalue weighted by atomic mass is 10.1. The van der Waals surface area contributed by atoms with Crippen molar-refractivity contribution in [2.24, 2.45) is 5.92 Å². The van der Waals surface area contributed by atoms with Crippen molar-refractivity contribution in [2.45, 2.75) is 25.2 Å². The molecular formula is C19H17F4NO2. The van der Waals surface area contributed by atoms with Gasteiger partial charge in [0.2, 0.25) is 5.91 Å². The Hall–Kier alpha value is -2.57. The summed E-state index contributed by atoms with van der Waals surface area (Å²) >= 11 is 0. The Balaban J connectivity index is 1.58. The Morgan fingerprint density at radius 3 is 2.42 bits per heavy atom. The van der Waals surface area contributed by atoms with Gasteiger partial charge in [-0.25, -0.2) is 4.39 Å². The first-order valence-corrected chi connectivity index (χ1v) is 8.08. The van der Waals surface area contributed by atoms with Crippen LogP contribution in [0.2, 0.25) is 0 Å². The highest BCUT2D eigenvalue weighted by Gasteiger charge is 2.46. The van der Waals surface area contributed by atoms with E-state index in [-0.39, 0.29) is 35.9 Å². The topological polar surface area (TPSA) is 29.5 Å². The highest BCUT2D eigenvalue weighted by atomic mass is 19.4. The molecular weight excluding hydrogens is 350 g/mol. The van der Waals surface area contributed by atoms with Gasteiger partial charge in [0.15, 0.2) is 0 Å². The second-order valence-corrected chi connectivity index (χ2v) is 6.36. The summed E-state index contributed by atoms with van der Waals surface area (Å²) < 4.78 is 54.1. The van der Waals surface area contributed by atoms with Crippen LogP contribution in [0.5, 0.6) is 5.75 Å². The van der Waals surface area contributed by atoms with Crippen molar-refractivity contribution in [3.63, 3.8) is 0 Å². The van der Waals surface area contributed by atoms with Crippen LogP contribution in [-0.2, 0) is 11.3 Å². The van der Waals surface area contributed by atoms with E-state index in [0.717, 1.165) is 0 Å². The summed E-state index contributed by atoms with van der Waals surface area (Å²) in [5.74, 6) is -1.10. The van der Waals surface area contributed by atoms with Crippen molar-refractivity contribution in [3.05, 3.63) is 65.5 Å². The first-order valence-electron chi connectivity index (χ1n) is 8.08. The van der Waals surface area contributed by atoms with E-state index in [0.29, 0.717) is 17.5 Å². The third kappa shape index (κ3) is 4.33. The number of ether oxygens (including phenoxy) is 1. The fourth-order valence-electron chi connectivity index (χ4n) is 3.02. The lowest BCUT2D eigenvalue weighted by molar-refractivity contribution is -0.274. The molecule has 138 valence electrons. The monoisotopic (exact) mass is 367 g/mol. The van der Waals surface area contributed by atoms with Crippen LogP contribution in [0.15, 0.2) is 48.5 Å². The molecule has 1 aliphatic rings. The zero-order chi connectivity index (χ0) is 18.9. The van der Waals surface area contributed by atoms with Crippen LogP contribution in [0.25, 0.3) is 0 Å². The number of halogens is 4. The summed E-state index contributed by atoms with van der Waals surface area (Å²) in [6.07, 6.45) is -4.13. The molecule has 0 N–H and O–H groups in total. The third-order valence-corrected chi connectivity index (χ3v) is 4.37. The largest absolute Gasteiger partial charge is 0.573 e. The number of carbonyl (C=O) groups is 1. The van der Waals surface area contributed by atoms with E-state index in [4.69, 9.17) is 0 Å². The molecule has 7 heteroatoms. The van der Waals surface area contributed by atoms with E-state index in [1.807, 2.05) is 0 Å². The minimum Gasteiger partial charge on any atom is -0.406 e. The van der Waals surface area contributed by atoms with Crippen LogP contribution >= 0.6 is 0 Å². The van der Waals surface area contributed by atoms with Crippen molar-refractivity contribution < 1.29 is 27.1 Å². The van der Waals surface area contributed by atoms with Crippen molar-refractivity contribution in [2.75, 3.05) is 7.05 Å². The van der Waals surface area contributed by atoms with Crippen LogP contribution in [-0.4, -0.2) is 24.2 Å². The molecule has 2 atom stereocenters. The summed E-state index contributed by atoms with van der Waals surface area (Å²) in [6, 6.07) is 11.8. The molecule has 0 bridgehead atoms. The van der Waals surface area contributed by atoms with Gasteiger partial charge in [0.25, 0.3) is 0 Å². The maximum absolute atomic E-state index is 13.8. The Morgan fingerprint density at radius 2 is 1.81 bits per heavy atom. The average Bonchev–Trinajstić information content (AvgIpc) is 3.35. The average molecular weight is 367 g/mol. The standard InChI is InChI=1S/C19H17F4NO2/c1-24(11-12-6-8-13(9-7-12)26-19(21,22)23)18(25)16-10-15(16)14-4-2-3-5-17(14)20/h2-9,15-16H,10-11H2,1H3. The van der Waals surface area contributed by atoms with Gasteiger partial charge in [-0.15, -0.1) is 13.2 Å².